The Kier molecular flexibility index (Phi) is 3.12. The number of benzene rings is 1. The predicted octanol–water partition coefficient (Wildman–Crippen LogP) is 2.01. The van der Waals surface area contributed by atoms with E-state index in [9.17, 15) is 0 Å². The van der Waals surface area contributed by atoms with E-state index in [1.54, 1.807) is 0 Å². The quantitative estimate of drug-likeness (QED) is 0.839. The molecule has 0 aliphatic carbocycles. The van der Waals surface area contributed by atoms with Gasteiger partial charge >= 0.3 is 0 Å². The number of anilines is 1. The molecule has 0 aromatic heterocycles. The molecule has 0 aliphatic heterocycles. The Balaban J connectivity index is 3.12. The first-order valence-corrected chi connectivity index (χ1v) is 4.51. The summed E-state index contributed by atoms with van der Waals surface area (Å²) in [6, 6.07) is 5.84. The van der Waals surface area contributed by atoms with Gasteiger partial charge in [-0.25, -0.2) is 0 Å². The van der Waals surface area contributed by atoms with Crippen LogP contribution >= 0.6 is 15.9 Å². The number of halogens is 1. The maximum Gasteiger partial charge on any atom is 0.0702 e. The van der Waals surface area contributed by atoms with Crippen molar-refractivity contribution < 1.29 is 5.11 Å². The van der Waals surface area contributed by atoms with Crippen molar-refractivity contribution in [2.24, 2.45) is 0 Å². The summed E-state index contributed by atoms with van der Waals surface area (Å²) in [5.74, 6) is 0. The van der Waals surface area contributed by atoms with Gasteiger partial charge in [0.2, 0.25) is 0 Å². The molecule has 1 N–H and O–H groups in total. The monoisotopic (exact) mass is 229 g/mol. The second-order valence-corrected chi connectivity index (χ2v) is 3.74. The molecule has 1 aromatic carbocycles. The van der Waals surface area contributed by atoms with Crippen molar-refractivity contribution in [2.75, 3.05) is 19.0 Å². The number of hydrogen-bond donors (Lipinski definition) is 1. The minimum Gasteiger partial charge on any atom is -0.392 e. The van der Waals surface area contributed by atoms with E-state index in [1.165, 1.54) is 0 Å². The minimum absolute atomic E-state index is 0.0841. The minimum atomic E-state index is 0.0841. The van der Waals surface area contributed by atoms with Gasteiger partial charge in [-0.05, 0) is 12.1 Å². The summed E-state index contributed by atoms with van der Waals surface area (Å²) in [5.41, 5.74) is 2.00. The normalized spacial score (nSPS) is 10.0. The third-order valence-corrected chi connectivity index (χ3v) is 2.19. The fraction of sp³-hybridized carbons (Fsp3) is 0.333. The highest BCUT2D eigenvalue weighted by Crippen LogP contribution is 2.23. The fourth-order valence-electron chi connectivity index (χ4n) is 1.09. The van der Waals surface area contributed by atoms with Gasteiger partial charge in [0.1, 0.15) is 0 Å². The molecule has 0 unspecified atom stereocenters. The summed E-state index contributed by atoms with van der Waals surface area (Å²) in [7, 11) is 3.92. The van der Waals surface area contributed by atoms with E-state index in [1.807, 2.05) is 37.2 Å². The molecule has 0 saturated carbocycles. The molecule has 1 aromatic rings. The van der Waals surface area contributed by atoms with Crippen molar-refractivity contribution in [1.82, 2.24) is 0 Å². The van der Waals surface area contributed by atoms with Crippen molar-refractivity contribution in [3.05, 3.63) is 28.2 Å². The molecule has 3 heteroatoms. The van der Waals surface area contributed by atoms with E-state index in [2.05, 4.69) is 15.9 Å². The van der Waals surface area contributed by atoms with Gasteiger partial charge in [0, 0.05) is 29.8 Å². The first-order chi connectivity index (χ1) is 5.65. The highest BCUT2D eigenvalue weighted by molar-refractivity contribution is 9.10. The Hall–Kier alpha value is -0.540. The molecule has 0 heterocycles. The maximum atomic E-state index is 9.02. The third kappa shape index (κ3) is 1.99. The zero-order valence-corrected chi connectivity index (χ0v) is 8.80. The van der Waals surface area contributed by atoms with Crippen molar-refractivity contribution in [3.63, 3.8) is 0 Å². The zero-order chi connectivity index (χ0) is 9.14. The molecule has 2 nitrogen and oxygen atoms in total. The van der Waals surface area contributed by atoms with Crippen LogP contribution in [0.5, 0.6) is 0 Å². The molecule has 12 heavy (non-hydrogen) atoms. The van der Waals surface area contributed by atoms with Gasteiger partial charge in [0.15, 0.2) is 0 Å². The van der Waals surface area contributed by atoms with Gasteiger partial charge in [0.05, 0.1) is 6.61 Å². The molecule has 0 radical (unpaired) electrons. The van der Waals surface area contributed by atoms with E-state index in [4.69, 9.17) is 5.11 Å². The molecule has 0 fully saturated rings. The lowest BCUT2D eigenvalue weighted by molar-refractivity contribution is 0.282. The molecule has 0 aliphatic rings. The van der Waals surface area contributed by atoms with Gasteiger partial charge in [-0.1, -0.05) is 22.0 Å². The van der Waals surface area contributed by atoms with Crippen LogP contribution in [0.15, 0.2) is 22.7 Å². The Labute approximate surface area is 80.9 Å². The summed E-state index contributed by atoms with van der Waals surface area (Å²) in [6.07, 6.45) is 0. The molecule has 0 amide bonds. The van der Waals surface area contributed by atoms with Crippen LogP contribution in [0.25, 0.3) is 0 Å². The van der Waals surface area contributed by atoms with E-state index in [-0.39, 0.29) is 6.61 Å². The van der Waals surface area contributed by atoms with Crippen LogP contribution in [-0.4, -0.2) is 19.2 Å². The number of aliphatic hydroxyl groups excluding tert-OH is 1. The third-order valence-electron chi connectivity index (χ3n) is 1.70. The number of hydrogen-bond acceptors (Lipinski definition) is 2. The maximum absolute atomic E-state index is 9.02. The predicted molar refractivity (Wildman–Crippen MR) is 54.4 cm³/mol. The molecule has 66 valence electrons. The van der Waals surface area contributed by atoms with Crippen LogP contribution in [-0.2, 0) is 6.61 Å². The average molecular weight is 230 g/mol. The van der Waals surface area contributed by atoms with Crippen molar-refractivity contribution in [2.45, 2.75) is 6.61 Å². The lowest BCUT2D eigenvalue weighted by Gasteiger charge is -2.16. The standard InChI is InChI=1S/C9H12BrNO/c1-11(2)9-5-8(10)4-3-7(9)6-12/h3-5,12H,6H2,1-2H3. The Morgan fingerprint density at radius 3 is 2.58 bits per heavy atom. The highest BCUT2D eigenvalue weighted by atomic mass is 79.9. The van der Waals surface area contributed by atoms with Crippen LogP contribution in [0.2, 0.25) is 0 Å². The second kappa shape index (κ2) is 3.92. The number of aliphatic hydroxyl groups is 1. The average Bonchev–Trinajstić information content (AvgIpc) is 2.04. The largest absolute Gasteiger partial charge is 0.392 e. The first-order valence-electron chi connectivity index (χ1n) is 3.71. The van der Waals surface area contributed by atoms with E-state index >= 15 is 0 Å². The smallest absolute Gasteiger partial charge is 0.0702 e. The first kappa shape index (κ1) is 9.55. The van der Waals surface area contributed by atoms with Crippen LogP contribution in [0.4, 0.5) is 5.69 Å². The lowest BCUT2D eigenvalue weighted by Crippen LogP contribution is -2.11. The van der Waals surface area contributed by atoms with Gasteiger partial charge in [-0.15, -0.1) is 0 Å². The van der Waals surface area contributed by atoms with E-state index in [0.717, 1.165) is 15.7 Å². The summed E-state index contributed by atoms with van der Waals surface area (Å²) in [6.45, 7) is 0.0841. The summed E-state index contributed by atoms with van der Waals surface area (Å²) in [5, 5.41) is 9.02. The van der Waals surface area contributed by atoms with Gasteiger partial charge in [-0.3, -0.25) is 0 Å². The SMILES string of the molecule is CN(C)c1cc(Br)ccc1CO. The highest BCUT2D eigenvalue weighted by Gasteiger charge is 2.03. The molecule has 0 bridgehead atoms. The summed E-state index contributed by atoms with van der Waals surface area (Å²) < 4.78 is 1.03. The second-order valence-electron chi connectivity index (χ2n) is 2.83. The Morgan fingerprint density at radius 1 is 1.42 bits per heavy atom. The van der Waals surface area contributed by atoms with E-state index < -0.39 is 0 Å². The molecule has 0 atom stereocenters. The lowest BCUT2D eigenvalue weighted by atomic mass is 10.2. The summed E-state index contributed by atoms with van der Waals surface area (Å²) in [4.78, 5) is 1.98. The Bertz CT molecular complexity index is 273. The van der Waals surface area contributed by atoms with Crippen LogP contribution in [0, 0.1) is 0 Å². The van der Waals surface area contributed by atoms with Crippen LogP contribution in [0.3, 0.4) is 0 Å². The summed E-state index contributed by atoms with van der Waals surface area (Å²) >= 11 is 3.39. The van der Waals surface area contributed by atoms with Gasteiger partial charge in [-0.2, -0.15) is 0 Å². The van der Waals surface area contributed by atoms with Crippen molar-refractivity contribution in [1.29, 1.82) is 0 Å². The molecular formula is C9H12BrNO. The van der Waals surface area contributed by atoms with Crippen LogP contribution < -0.4 is 4.90 Å². The van der Waals surface area contributed by atoms with Crippen LogP contribution in [0.1, 0.15) is 5.56 Å². The molecule has 0 spiro atoms. The fourth-order valence-corrected chi connectivity index (χ4v) is 1.44. The molecule has 1 rings (SSSR count). The van der Waals surface area contributed by atoms with Crippen molar-refractivity contribution >= 4 is 21.6 Å². The van der Waals surface area contributed by atoms with Gasteiger partial charge < -0.3 is 10.0 Å². The molecular weight excluding hydrogens is 218 g/mol. The van der Waals surface area contributed by atoms with Crippen molar-refractivity contribution in [3.8, 4) is 0 Å². The topological polar surface area (TPSA) is 23.5 Å². The zero-order valence-electron chi connectivity index (χ0n) is 7.21. The molecule has 0 saturated heterocycles. The van der Waals surface area contributed by atoms with Gasteiger partial charge in [0.25, 0.3) is 0 Å². The number of nitrogens with zero attached hydrogens (tertiary/aromatic N) is 1. The number of rotatable bonds is 2. The Morgan fingerprint density at radius 2 is 2.08 bits per heavy atom. The van der Waals surface area contributed by atoms with E-state index in [0.29, 0.717) is 0 Å².